The summed E-state index contributed by atoms with van der Waals surface area (Å²) in [5.74, 6) is -0.358. The van der Waals surface area contributed by atoms with Crippen molar-refractivity contribution in [3.05, 3.63) is 21.6 Å². The number of aliphatic hydroxyl groups is 1. The highest BCUT2D eigenvalue weighted by Crippen LogP contribution is 2.20. The van der Waals surface area contributed by atoms with Gasteiger partial charge in [0.05, 0.1) is 12.1 Å². The van der Waals surface area contributed by atoms with Crippen molar-refractivity contribution in [2.75, 3.05) is 32.7 Å². The molecule has 1 saturated heterocycles. The molecule has 11 heteroatoms. The van der Waals surface area contributed by atoms with Gasteiger partial charge in [0.15, 0.2) is 0 Å². The van der Waals surface area contributed by atoms with Crippen LogP contribution in [0.2, 0.25) is 5.28 Å². The minimum atomic E-state index is -1.18. The molecule has 10 nitrogen and oxygen atoms in total. The molecule has 0 radical (unpaired) electrons. The van der Waals surface area contributed by atoms with Crippen molar-refractivity contribution in [2.24, 2.45) is 0 Å². The van der Waals surface area contributed by atoms with Crippen LogP contribution in [0.1, 0.15) is 34.1 Å². The smallest absolute Gasteiger partial charge is 0.410 e. The molecule has 0 spiro atoms. The number of nitrogens with zero attached hydrogens (tertiary/aromatic N) is 5. The number of imidazole rings is 1. The van der Waals surface area contributed by atoms with Crippen molar-refractivity contribution < 1.29 is 19.6 Å². The number of rotatable bonds is 5. The number of aromatic nitrogens is 2. The highest BCUT2D eigenvalue weighted by Gasteiger charge is 2.30. The average molecular weight is 418 g/mol. The molecule has 1 unspecified atom stereocenters. The Hall–Kier alpha value is -1.91. The fourth-order valence-electron chi connectivity index (χ4n) is 3.12. The first-order valence-corrected chi connectivity index (χ1v) is 9.54. The zero-order valence-electron chi connectivity index (χ0n) is 16.7. The summed E-state index contributed by atoms with van der Waals surface area (Å²) in [7, 11) is 0. The third-order valence-electron chi connectivity index (χ3n) is 4.22. The Morgan fingerprint density at radius 2 is 1.96 bits per heavy atom. The molecule has 1 fully saturated rings. The van der Waals surface area contributed by atoms with E-state index in [1.54, 1.807) is 11.8 Å². The predicted molar refractivity (Wildman–Crippen MR) is 103 cm³/mol. The lowest BCUT2D eigenvalue weighted by Crippen LogP contribution is -2.45. The maximum absolute atomic E-state index is 12.3. The Morgan fingerprint density at radius 3 is 2.54 bits per heavy atom. The third-order valence-corrected chi connectivity index (χ3v) is 4.52. The summed E-state index contributed by atoms with van der Waals surface area (Å²) in [6.45, 7) is 9.94. The van der Waals surface area contributed by atoms with Gasteiger partial charge in [0.25, 0.3) is 0 Å². The zero-order chi connectivity index (χ0) is 21.1. The van der Waals surface area contributed by atoms with Crippen LogP contribution in [0, 0.1) is 10.1 Å². The Bertz CT molecular complexity index is 715. The lowest BCUT2D eigenvalue weighted by molar-refractivity contribution is -0.389. The second kappa shape index (κ2) is 8.62. The molecule has 0 saturated carbocycles. The Balaban J connectivity index is 1.93. The molecule has 1 aliphatic rings. The number of halogens is 1. The summed E-state index contributed by atoms with van der Waals surface area (Å²) in [6, 6.07) is 0. The minimum Gasteiger partial charge on any atom is -0.444 e. The summed E-state index contributed by atoms with van der Waals surface area (Å²) in [5, 5.41) is 21.6. The molecule has 158 valence electrons. The molecular formula is C17H28ClN5O5. The second-order valence-electron chi connectivity index (χ2n) is 8.35. The maximum atomic E-state index is 12.3. The van der Waals surface area contributed by atoms with E-state index in [1.165, 1.54) is 10.8 Å². The van der Waals surface area contributed by atoms with Crippen molar-refractivity contribution in [3.8, 4) is 0 Å². The van der Waals surface area contributed by atoms with Gasteiger partial charge in [0, 0.05) is 32.7 Å². The summed E-state index contributed by atoms with van der Waals surface area (Å²) in [5.41, 5.74) is -1.72. The van der Waals surface area contributed by atoms with E-state index in [1.807, 2.05) is 20.8 Å². The second-order valence-corrected chi connectivity index (χ2v) is 8.69. The van der Waals surface area contributed by atoms with Crippen LogP contribution in [-0.4, -0.2) is 79.4 Å². The molecule has 0 aromatic carbocycles. The largest absolute Gasteiger partial charge is 0.444 e. The molecule has 1 N–H and O–H groups in total. The number of amides is 1. The number of β-amino-alcohol motifs (C(OH)–C–C–N with tert-alkyl or cyclic N) is 1. The van der Waals surface area contributed by atoms with Gasteiger partial charge in [-0.25, -0.2) is 4.79 Å². The van der Waals surface area contributed by atoms with E-state index in [-0.39, 0.29) is 23.7 Å². The van der Waals surface area contributed by atoms with E-state index >= 15 is 0 Å². The Kier molecular flexibility index (Phi) is 6.89. The summed E-state index contributed by atoms with van der Waals surface area (Å²) >= 11 is 5.94. The van der Waals surface area contributed by atoms with Crippen LogP contribution >= 0.6 is 11.6 Å². The summed E-state index contributed by atoms with van der Waals surface area (Å²) in [4.78, 5) is 29.8. The van der Waals surface area contributed by atoms with Gasteiger partial charge in [-0.3, -0.25) is 9.47 Å². The minimum absolute atomic E-state index is 0.0426. The van der Waals surface area contributed by atoms with E-state index in [0.29, 0.717) is 32.7 Å². The van der Waals surface area contributed by atoms with Gasteiger partial charge in [-0.2, -0.15) is 0 Å². The quantitative estimate of drug-likeness (QED) is 0.576. The van der Waals surface area contributed by atoms with Crippen molar-refractivity contribution in [1.29, 1.82) is 0 Å². The van der Waals surface area contributed by atoms with Gasteiger partial charge in [-0.05, 0) is 55.6 Å². The molecule has 1 aromatic rings. The Labute approximate surface area is 169 Å². The first-order chi connectivity index (χ1) is 12.9. The normalized spacial score (nSPS) is 18.4. The molecule has 1 amide bonds. The lowest BCUT2D eigenvalue weighted by atomic mass is 10.1. The molecule has 1 aliphatic heterocycles. The number of hydrogen-bond acceptors (Lipinski definition) is 7. The van der Waals surface area contributed by atoms with E-state index in [9.17, 15) is 20.0 Å². The molecule has 0 aliphatic carbocycles. The van der Waals surface area contributed by atoms with Crippen LogP contribution in [0.5, 0.6) is 0 Å². The lowest BCUT2D eigenvalue weighted by Gasteiger charge is -2.31. The molecule has 0 bridgehead atoms. The standard InChI is InChI=1S/C17H28ClN5O5/c1-16(2,3)28-15(24)21-7-5-6-20(8-9-21)11-17(4,25)12-22-10-13(23(26)27)19-14(22)18/h10,25H,5-9,11-12H2,1-4H3. The van der Waals surface area contributed by atoms with Crippen molar-refractivity contribution >= 4 is 23.5 Å². The van der Waals surface area contributed by atoms with Crippen LogP contribution in [0.15, 0.2) is 6.20 Å². The number of ether oxygens (including phenoxy) is 1. The molecular weight excluding hydrogens is 390 g/mol. The van der Waals surface area contributed by atoms with Crippen LogP contribution in [0.4, 0.5) is 10.6 Å². The fraction of sp³-hybridized carbons (Fsp3) is 0.765. The monoisotopic (exact) mass is 417 g/mol. The van der Waals surface area contributed by atoms with Crippen molar-refractivity contribution in [1.82, 2.24) is 19.4 Å². The van der Waals surface area contributed by atoms with Gasteiger partial charge in [-0.1, -0.05) is 0 Å². The maximum Gasteiger partial charge on any atom is 0.410 e. The van der Waals surface area contributed by atoms with Crippen LogP contribution < -0.4 is 0 Å². The van der Waals surface area contributed by atoms with Gasteiger partial charge in [0.1, 0.15) is 11.8 Å². The number of nitro groups is 1. The predicted octanol–water partition coefficient (Wildman–Crippen LogP) is 2.14. The van der Waals surface area contributed by atoms with Gasteiger partial charge in [-0.15, -0.1) is 0 Å². The number of hydrogen-bond donors (Lipinski definition) is 1. The number of carbonyl (C=O) groups is 1. The molecule has 28 heavy (non-hydrogen) atoms. The van der Waals surface area contributed by atoms with E-state index in [0.717, 1.165) is 6.42 Å². The van der Waals surface area contributed by atoms with Crippen LogP contribution in [0.3, 0.4) is 0 Å². The van der Waals surface area contributed by atoms with E-state index < -0.39 is 16.1 Å². The number of carbonyl (C=O) groups excluding carboxylic acids is 1. The van der Waals surface area contributed by atoms with Crippen LogP contribution in [-0.2, 0) is 11.3 Å². The molecule has 1 atom stereocenters. The molecule has 2 heterocycles. The zero-order valence-corrected chi connectivity index (χ0v) is 17.5. The van der Waals surface area contributed by atoms with Crippen molar-refractivity contribution in [3.63, 3.8) is 0 Å². The van der Waals surface area contributed by atoms with Gasteiger partial charge < -0.3 is 24.9 Å². The SMILES string of the molecule is CC(O)(CN1CCCN(C(=O)OC(C)(C)C)CC1)Cn1cc([N+](=O)[O-])nc1Cl. The topological polar surface area (TPSA) is 114 Å². The summed E-state index contributed by atoms with van der Waals surface area (Å²) in [6.07, 6.45) is 1.63. The molecule has 1 aromatic heterocycles. The Morgan fingerprint density at radius 1 is 1.29 bits per heavy atom. The van der Waals surface area contributed by atoms with E-state index in [4.69, 9.17) is 16.3 Å². The first-order valence-electron chi connectivity index (χ1n) is 9.16. The van der Waals surface area contributed by atoms with Gasteiger partial charge in [0.2, 0.25) is 0 Å². The summed E-state index contributed by atoms with van der Waals surface area (Å²) < 4.78 is 6.79. The highest BCUT2D eigenvalue weighted by molar-refractivity contribution is 6.28. The van der Waals surface area contributed by atoms with Crippen LogP contribution in [0.25, 0.3) is 0 Å². The third kappa shape index (κ3) is 6.61. The molecule has 2 rings (SSSR count). The highest BCUT2D eigenvalue weighted by atomic mass is 35.5. The van der Waals surface area contributed by atoms with Gasteiger partial charge >= 0.3 is 17.2 Å². The average Bonchev–Trinajstić information content (AvgIpc) is 2.75. The van der Waals surface area contributed by atoms with Crippen molar-refractivity contribution in [2.45, 2.75) is 51.9 Å². The first kappa shape index (κ1) is 22.4. The fourth-order valence-corrected chi connectivity index (χ4v) is 3.31. The van der Waals surface area contributed by atoms with E-state index in [2.05, 4.69) is 9.88 Å².